The number of fused-ring (bicyclic) bond motifs is 1. The third kappa shape index (κ3) is 7.76. The van der Waals surface area contributed by atoms with Gasteiger partial charge in [0.2, 0.25) is 0 Å². The number of rotatable bonds is 11. The van der Waals surface area contributed by atoms with Crippen molar-refractivity contribution in [1.82, 2.24) is 0 Å². The molecule has 0 heterocycles. The first-order valence-corrected chi connectivity index (χ1v) is 20.8. The lowest BCUT2D eigenvalue weighted by Crippen LogP contribution is -2.10. The zero-order chi connectivity index (χ0) is 40.8. The molecule has 10 aromatic rings. The maximum atomic E-state index is 2.37. The molecule has 3 nitrogen and oxygen atoms in total. The zero-order valence-electron chi connectivity index (χ0n) is 33.7. The average molecular weight is 782 g/mol. The van der Waals surface area contributed by atoms with Gasteiger partial charge >= 0.3 is 0 Å². The minimum Gasteiger partial charge on any atom is -0.311 e. The van der Waals surface area contributed by atoms with Gasteiger partial charge in [0.25, 0.3) is 0 Å². The van der Waals surface area contributed by atoms with Crippen LogP contribution in [0.15, 0.2) is 261 Å². The van der Waals surface area contributed by atoms with Crippen LogP contribution in [0.1, 0.15) is 0 Å². The van der Waals surface area contributed by atoms with Crippen LogP contribution < -0.4 is 14.7 Å². The molecule has 0 amide bonds. The van der Waals surface area contributed by atoms with Crippen molar-refractivity contribution in [2.45, 2.75) is 0 Å². The van der Waals surface area contributed by atoms with Gasteiger partial charge in [0.1, 0.15) is 0 Å². The molecule has 0 aliphatic carbocycles. The number of benzene rings is 10. The van der Waals surface area contributed by atoms with E-state index in [1.54, 1.807) is 0 Å². The highest BCUT2D eigenvalue weighted by molar-refractivity contribution is 5.99. The van der Waals surface area contributed by atoms with Gasteiger partial charge < -0.3 is 14.7 Å². The third-order valence-electron chi connectivity index (χ3n) is 11.2. The van der Waals surface area contributed by atoms with E-state index in [9.17, 15) is 0 Å². The summed E-state index contributed by atoms with van der Waals surface area (Å²) in [6.45, 7) is 0. The molecule has 0 aromatic heterocycles. The predicted octanol–water partition coefficient (Wildman–Crippen LogP) is 16.6. The van der Waals surface area contributed by atoms with Gasteiger partial charge in [0, 0.05) is 50.9 Å². The number of para-hydroxylation sites is 4. The van der Waals surface area contributed by atoms with Gasteiger partial charge in [-0.2, -0.15) is 0 Å². The molecule has 0 atom stereocenters. The fourth-order valence-electron chi connectivity index (χ4n) is 8.25. The Balaban J connectivity index is 0.958. The van der Waals surface area contributed by atoms with Gasteiger partial charge in [-0.3, -0.25) is 0 Å². The largest absolute Gasteiger partial charge is 0.311 e. The van der Waals surface area contributed by atoms with Gasteiger partial charge in [0.05, 0.1) is 5.69 Å². The summed E-state index contributed by atoms with van der Waals surface area (Å²) in [6, 6.07) is 92.9. The average Bonchev–Trinajstić information content (AvgIpc) is 3.34. The Morgan fingerprint density at radius 2 is 0.443 bits per heavy atom. The summed E-state index contributed by atoms with van der Waals surface area (Å²) < 4.78 is 0. The highest BCUT2D eigenvalue weighted by atomic mass is 15.2. The van der Waals surface area contributed by atoms with Crippen LogP contribution in [0.25, 0.3) is 33.0 Å². The van der Waals surface area contributed by atoms with Crippen LogP contribution in [0.3, 0.4) is 0 Å². The number of hydrogen-bond acceptors (Lipinski definition) is 3. The second-order valence-electron chi connectivity index (χ2n) is 15.0. The van der Waals surface area contributed by atoms with E-state index in [0.717, 1.165) is 62.3 Å². The van der Waals surface area contributed by atoms with Crippen molar-refractivity contribution < 1.29 is 0 Å². The first kappa shape index (κ1) is 37.2. The highest BCUT2D eigenvalue weighted by Gasteiger charge is 2.17. The summed E-state index contributed by atoms with van der Waals surface area (Å²) in [7, 11) is 0. The summed E-state index contributed by atoms with van der Waals surface area (Å²) in [5.74, 6) is 0. The molecular weight excluding hydrogens is 739 g/mol. The van der Waals surface area contributed by atoms with E-state index in [-0.39, 0.29) is 0 Å². The summed E-state index contributed by atoms with van der Waals surface area (Å²) in [6.07, 6.45) is 0. The number of nitrogens with zero attached hydrogens (tertiary/aromatic N) is 3. The summed E-state index contributed by atoms with van der Waals surface area (Å²) >= 11 is 0. The van der Waals surface area contributed by atoms with Crippen LogP contribution in [-0.4, -0.2) is 0 Å². The van der Waals surface area contributed by atoms with Crippen molar-refractivity contribution >= 4 is 62.0 Å². The van der Waals surface area contributed by atoms with Crippen molar-refractivity contribution in [3.05, 3.63) is 261 Å². The maximum Gasteiger partial charge on any atom is 0.0540 e. The Labute approximate surface area is 358 Å². The minimum absolute atomic E-state index is 1.09. The summed E-state index contributed by atoms with van der Waals surface area (Å²) in [5, 5.41) is 2.41. The van der Waals surface area contributed by atoms with Crippen molar-refractivity contribution in [1.29, 1.82) is 0 Å². The normalized spacial score (nSPS) is 11.0. The van der Waals surface area contributed by atoms with Gasteiger partial charge in [-0.05, 0) is 131 Å². The van der Waals surface area contributed by atoms with Crippen molar-refractivity contribution in [3.8, 4) is 22.3 Å². The fourth-order valence-corrected chi connectivity index (χ4v) is 8.25. The van der Waals surface area contributed by atoms with Crippen LogP contribution in [-0.2, 0) is 0 Å². The molecule has 0 aliphatic rings. The predicted molar refractivity (Wildman–Crippen MR) is 259 cm³/mol. The molecular formula is C58H43N3. The van der Waals surface area contributed by atoms with Gasteiger partial charge in [0.15, 0.2) is 0 Å². The number of anilines is 9. The van der Waals surface area contributed by atoms with E-state index in [2.05, 4.69) is 276 Å². The second-order valence-corrected chi connectivity index (χ2v) is 15.0. The topological polar surface area (TPSA) is 9.72 Å². The fraction of sp³-hybridized carbons (Fsp3) is 0. The monoisotopic (exact) mass is 781 g/mol. The van der Waals surface area contributed by atoms with Crippen LogP contribution >= 0.6 is 0 Å². The summed E-state index contributed by atoms with van der Waals surface area (Å²) in [4.78, 5) is 6.96. The molecule has 3 heteroatoms. The lowest BCUT2D eigenvalue weighted by Gasteiger charge is -2.27. The van der Waals surface area contributed by atoms with Crippen molar-refractivity contribution in [3.63, 3.8) is 0 Å². The first-order chi connectivity index (χ1) is 30.3. The van der Waals surface area contributed by atoms with Crippen LogP contribution in [0.4, 0.5) is 51.2 Å². The van der Waals surface area contributed by atoms with Gasteiger partial charge in [-0.15, -0.1) is 0 Å². The van der Waals surface area contributed by atoms with E-state index in [0.29, 0.717) is 0 Å². The lowest BCUT2D eigenvalue weighted by molar-refractivity contribution is 1.28. The van der Waals surface area contributed by atoms with Gasteiger partial charge in [-0.25, -0.2) is 0 Å². The molecule has 0 fully saturated rings. The molecule has 10 rings (SSSR count). The van der Waals surface area contributed by atoms with E-state index in [1.807, 2.05) is 0 Å². The van der Waals surface area contributed by atoms with Crippen molar-refractivity contribution in [2.24, 2.45) is 0 Å². The Kier molecular flexibility index (Phi) is 10.3. The molecule has 61 heavy (non-hydrogen) atoms. The maximum absolute atomic E-state index is 2.37. The third-order valence-corrected chi connectivity index (χ3v) is 11.2. The Morgan fingerprint density at radius 3 is 0.787 bits per heavy atom. The molecule has 0 N–H and O–H groups in total. The number of hydrogen-bond donors (Lipinski definition) is 0. The molecule has 0 saturated heterocycles. The molecule has 0 unspecified atom stereocenters. The van der Waals surface area contributed by atoms with Crippen LogP contribution in [0.5, 0.6) is 0 Å². The molecule has 10 aromatic carbocycles. The molecule has 290 valence electrons. The van der Waals surface area contributed by atoms with E-state index < -0.39 is 0 Å². The minimum atomic E-state index is 1.09. The molecule has 0 radical (unpaired) electrons. The summed E-state index contributed by atoms with van der Waals surface area (Å²) in [5.41, 5.74) is 14.7. The standard InChI is InChI=1S/C58H43N3/c1-5-18-49(19-6-1)59(50-20-7-2-8-21-50)53-36-28-44(29-37-53)46-32-40-55(41-33-46)61(58-27-15-17-48-16-13-14-26-57(48)58)56-42-34-47(35-43-56)45-30-38-54(39-31-45)60(51-22-9-3-10-23-51)52-24-11-4-12-25-52/h1-43H. The Morgan fingerprint density at radius 1 is 0.180 bits per heavy atom. The van der Waals surface area contributed by atoms with E-state index in [4.69, 9.17) is 0 Å². The lowest BCUT2D eigenvalue weighted by atomic mass is 10.0. The van der Waals surface area contributed by atoms with Crippen LogP contribution in [0.2, 0.25) is 0 Å². The quantitative estimate of drug-likeness (QED) is 0.129. The molecule has 0 spiro atoms. The van der Waals surface area contributed by atoms with Crippen LogP contribution in [0, 0.1) is 0 Å². The SMILES string of the molecule is c1ccc(N(c2ccccc2)c2ccc(-c3ccc(N(c4ccc(-c5ccc(N(c6ccccc6)c6ccccc6)cc5)cc4)c4cccc5ccccc45)cc3)cc2)cc1. The zero-order valence-corrected chi connectivity index (χ0v) is 33.7. The Hall–Kier alpha value is -8.14. The molecule has 0 aliphatic heterocycles. The Bertz CT molecular complexity index is 2720. The molecule has 0 bridgehead atoms. The van der Waals surface area contributed by atoms with Crippen molar-refractivity contribution in [2.75, 3.05) is 14.7 Å². The molecule has 0 saturated carbocycles. The highest BCUT2D eigenvalue weighted by Crippen LogP contribution is 2.42. The van der Waals surface area contributed by atoms with E-state index >= 15 is 0 Å². The first-order valence-electron chi connectivity index (χ1n) is 20.8. The smallest absolute Gasteiger partial charge is 0.0540 e. The second kappa shape index (κ2) is 17.0. The van der Waals surface area contributed by atoms with Gasteiger partial charge in [-0.1, -0.05) is 158 Å². The van der Waals surface area contributed by atoms with E-state index in [1.165, 1.54) is 21.9 Å².